The summed E-state index contributed by atoms with van der Waals surface area (Å²) in [7, 11) is 2.16. The molecule has 1 aromatic rings. The first-order chi connectivity index (χ1) is 9.16. The van der Waals surface area contributed by atoms with E-state index in [1.54, 1.807) is 0 Å². The van der Waals surface area contributed by atoms with Crippen molar-refractivity contribution >= 4 is 11.4 Å². The van der Waals surface area contributed by atoms with E-state index in [9.17, 15) is 0 Å². The van der Waals surface area contributed by atoms with Gasteiger partial charge in [-0.25, -0.2) is 0 Å². The summed E-state index contributed by atoms with van der Waals surface area (Å²) in [6, 6.07) is 6.31. The molecule has 1 fully saturated rings. The average molecular weight is 265 g/mol. The lowest BCUT2D eigenvalue weighted by Crippen LogP contribution is -2.44. The Morgan fingerprint density at radius 2 is 1.47 bits per heavy atom. The normalized spacial score (nSPS) is 14.9. The third kappa shape index (κ3) is 5.52. The molecule has 1 aliphatic heterocycles. The first-order valence-corrected chi connectivity index (χ1v) is 7.46. The maximum absolute atomic E-state index is 6.03. The molecule has 0 amide bonds. The molecule has 0 radical (unpaired) electrons. The van der Waals surface area contributed by atoms with E-state index in [0.29, 0.717) is 0 Å². The van der Waals surface area contributed by atoms with E-state index in [4.69, 9.17) is 5.73 Å². The van der Waals surface area contributed by atoms with E-state index in [-0.39, 0.29) is 0 Å². The van der Waals surface area contributed by atoms with E-state index in [1.807, 2.05) is 33.8 Å². The highest BCUT2D eigenvalue weighted by atomic mass is 15.2. The van der Waals surface area contributed by atoms with Gasteiger partial charge < -0.3 is 15.5 Å². The van der Waals surface area contributed by atoms with E-state index in [0.717, 1.165) is 31.9 Å². The van der Waals surface area contributed by atoms with Crippen LogP contribution in [0.2, 0.25) is 0 Å². The first-order valence-electron chi connectivity index (χ1n) is 7.46. The smallest absolute Gasteiger partial charge is 0.0601 e. The number of hydrogen-bond acceptors (Lipinski definition) is 3. The van der Waals surface area contributed by atoms with Crippen molar-refractivity contribution in [2.24, 2.45) is 0 Å². The minimum absolute atomic E-state index is 0.902. The zero-order valence-corrected chi connectivity index (χ0v) is 13.5. The zero-order chi connectivity index (χ0) is 14.8. The maximum Gasteiger partial charge on any atom is 0.0601 e. The number of piperazine rings is 1. The monoisotopic (exact) mass is 265 g/mol. The predicted molar refractivity (Wildman–Crippen MR) is 88.0 cm³/mol. The van der Waals surface area contributed by atoms with Crippen LogP contribution in [0.15, 0.2) is 18.2 Å². The van der Waals surface area contributed by atoms with Gasteiger partial charge in [0, 0.05) is 26.2 Å². The van der Waals surface area contributed by atoms with Gasteiger partial charge in [0.2, 0.25) is 0 Å². The topological polar surface area (TPSA) is 32.5 Å². The Morgan fingerprint density at radius 3 is 1.95 bits per heavy atom. The first kappa shape index (κ1) is 17.8. The van der Waals surface area contributed by atoms with Crippen LogP contribution < -0.4 is 10.6 Å². The molecule has 1 aromatic carbocycles. The number of benzene rings is 1. The lowest BCUT2D eigenvalue weighted by Gasteiger charge is -2.34. The summed E-state index contributed by atoms with van der Waals surface area (Å²) < 4.78 is 0. The fraction of sp³-hybridized carbons (Fsp3) is 0.625. The second-order valence-corrected chi connectivity index (χ2v) is 4.35. The van der Waals surface area contributed by atoms with Crippen LogP contribution in [0.1, 0.15) is 33.3 Å². The van der Waals surface area contributed by atoms with E-state index >= 15 is 0 Å². The summed E-state index contributed by atoms with van der Waals surface area (Å²) in [6.07, 6.45) is 0. The number of nitrogens with two attached hydrogens (primary N) is 1. The molecule has 1 aliphatic rings. The minimum atomic E-state index is 0.902. The highest BCUT2D eigenvalue weighted by Crippen LogP contribution is 2.24. The molecule has 3 heteroatoms. The van der Waals surface area contributed by atoms with Crippen molar-refractivity contribution in [1.82, 2.24) is 4.90 Å². The van der Waals surface area contributed by atoms with Crippen LogP contribution in [0.4, 0.5) is 11.4 Å². The van der Waals surface area contributed by atoms with Gasteiger partial charge in [-0.15, -0.1) is 0 Å². The molecule has 0 atom stereocenters. The largest absolute Gasteiger partial charge is 0.397 e. The van der Waals surface area contributed by atoms with Crippen molar-refractivity contribution in [1.29, 1.82) is 0 Å². The molecular formula is C16H31N3. The molecule has 0 saturated carbocycles. The number of aryl methyl sites for hydroxylation is 1. The van der Waals surface area contributed by atoms with Gasteiger partial charge in [-0.1, -0.05) is 33.8 Å². The van der Waals surface area contributed by atoms with Crippen molar-refractivity contribution in [3.63, 3.8) is 0 Å². The molecule has 1 heterocycles. The van der Waals surface area contributed by atoms with Crippen LogP contribution in [-0.2, 0) is 0 Å². The summed E-state index contributed by atoms with van der Waals surface area (Å²) in [4.78, 5) is 4.72. The van der Waals surface area contributed by atoms with E-state index in [2.05, 4.69) is 35.9 Å². The lowest BCUT2D eigenvalue weighted by atomic mass is 10.1. The molecule has 110 valence electrons. The molecule has 1 saturated heterocycles. The molecular weight excluding hydrogens is 234 g/mol. The standard InChI is InChI=1S/C12H19N3.2C2H6/c1-10-3-4-12(11(13)9-10)15-7-5-14(2)6-8-15;2*1-2/h3-4,9H,5-8,13H2,1-2H3;2*1-2H3. The van der Waals surface area contributed by atoms with Gasteiger partial charge in [-0.3, -0.25) is 0 Å². The van der Waals surface area contributed by atoms with Crippen molar-refractivity contribution in [2.45, 2.75) is 34.6 Å². The highest BCUT2D eigenvalue weighted by Gasteiger charge is 2.15. The molecule has 3 nitrogen and oxygen atoms in total. The fourth-order valence-electron chi connectivity index (χ4n) is 2.01. The molecule has 0 aliphatic carbocycles. The van der Waals surface area contributed by atoms with Gasteiger partial charge >= 0.3 is 0 Å². The number of anilines is 2. The minimum Gasteiger partial charge on any atom is -0.397 e. The number of rotatable bonds is 1. The van der Waals surface area contributed by atoms with Crippen LogP contribution in [0.25, 0.3) is 0 Å². The summed E-state index contributed by atoms with van der Waals surface area (Å²) in [5.41, 5.74) is 9.35. The number of likely N-dealkylation sites (N-methyl/N-ethyl adjacent to an activating group) is 1. The van der Waals surface area contributed by atoms with Crippen LogP contribution >= 0.6 is 0 Å². The van der Waals surface area contributed by atoms with Crippen LogP contribution in [-0.4, -0.2) is 38.1 Å². The Hall–Kier alpha value is -1.22. The molecule has 0 spiro atoms. The second kappa shape index (κ2) is 9.68. The van der Waals surface area contributed by atoms with Crippen LogP contribution in [0.3, 0.4) is 0 Å². The molecule has 2 rings (SSSR count). The molecule has 0 aromatic heterocycles. The lowest BCUT2D eigenvalue weighted by molar-refractivity contribution is 0.313. The van der Waals surface area contributed by atoms with Crippen molar-refractivity contribution in [3.8, 4) is 0 Å². The summed E-state index contributed by atoms with van der Waals surface area (Å²) in [5, 5.41) is 0. The number of nitrogens with zero attached hydrogens (tertiary/aromatic N) is 2. The Labute approximate surface area is 119 Å². The van der Waals surface area contributed by atoms with Crippen molar-refractivity contribution in [2.75, 3.05) is 43.9 Å². The van der Waals surface area contributed by atoms with Gasteiger partial charge in [-0.2, -0.15) is 0 Å². The quantitative estimate of drug-likeness (QED) is 0.790. The molecule has 0 bridgehead atoms. The van der Waals surface area contributed by atoms with Crippen molar-refractivity contribution in [3.05, 3.63) is 23.8 Å². The highest BCUT2D eigenvalue weighted by molar-refractivity contribution is 5.68. The third-order valence-corrected chi connectivity index (χ3v) is 3.03. The van der Waals surface area contributed by atoms with E-state index < -0.39 is 0 Å². The van der Waals surface area contributed by atoms with Gasteiger partial charge in [0.15, 0.2) is 0 Å². The second-order valence-electron chi connectivity index (χ2n) is 4.35. The SMILES string of the molecule is CC.CC.Cc1ccc(N2CCN(C)CC2)c(N)c1. The Kier molecular flexibility index (Phi) is 9.06. The van der Waals surface area contributed by atoms with Crippen LogP contribution in [0.5, 0.6) is 0 Å². The van der Waals surface area contributed by atoms with Gasteiger partial charge in [0.1, 0.15) is 0 Å². The Bertz CT molecular complexity index is 342. The number of hydrogen-bond donors (Lipinski definition) is 1. The van der Waals surface area contributed by atoms with Gasteiger partial charge in [0.25, 0.3) is 0 Å². The van der Waals surface area contributed by atoms with Gasteiger partial charge in [-0.05, 0) is 31.7 Å². The molecule has 2 N–H and O–H groups in total. The Balaban J connectivity index is 0.000000741. The molecule has 0 unspecified atom stereocenters. The zero-order valence-electron chi connectivity index (χ0n) is 13.5. The fourth-order valence-corrected chi connectivity index (χ4v) is 2.01. The maximum atomic E-state index is 6.03. The summed E-state index contributed by atoms with van der Waals surface area (Å²) in [5.74, 6) is 0. The van der Waals surface area contributed by atoms with Crippen LogP contribution in [0, 0.1) is 6.92 Å². The van der Waals surface area contributed by atoms with E-state index in [1.165, 1.54) is 11.3 Å². The average Bonchev–Trinajstić information content (AvgIpc) is 2.45. The number of nitrogen functional groups attached to an aromatic ring is 1. The predicted octanol–water partition coefficient (Wildman–Crippen LogP) is 3.38. The summed E-state index contributed by atoms with van der Waals surface area (Å²) >= 11 is 0. The third-order valence-electron chi connectivity index (χ3n) is 3.03. The summed E-state index contributed by atoms with van der Waals surface area (Å²) in [6.45, 7) is 14.5. The van der Waals surface area contributed by atoms with Gasteiger partial charge in [0.05, 0.1) is 11.4 Å². The Morgan fingerprint density at radius 1 is 0.947 bits per heavy atom. The van der Waals surface area contributed by atoms with Crippen molar-refractivity contribution < 1.29 is 0 Å². The molecule has 19 heavy (non-hydrogen) atoms.